The first-order valence-corrected chi connectivity index (χ1v) is 6.96. The van der Waals surface area contributed by atoms with Crippen molar-refractivity contribution in [3.8, 4) is 11.1 Å². The molecule has 4 rings (SSSR count). The van der Waals surface area contributed by atoms with Crippen LogP contribution in [0.5, 0.6) is 0 Å². The fourth-order valence-electron chi connectivity index (χ4n) is 2.99. The smallest absolute Gasteiger partial charge is 0.0161 e. The van der Waals surface area contributed by atoms with Crippen LogP contribution in [0, 0.1) is 6.42 Å². The lowest BCUT2D eigenvalue weighted by Gasteiger charge is -2.09. The molecule has 0 aromatic heterocycles. The molecule has 0 N–H and O–H groups in total. The largest absolute Gasteiger partial charge is 0.0642 e. The molecular weight excluding hydrogens is 240 g/mol. The van der Waals surface area contributed by atoms with E-state index in [0.717, 1.165) is 0 Å². The van der Waals surface area contributed by atoms with E-state index >= 15 is 0 Å². The highest BCUT2D eigenvalue weighted by Crippen LogP contribution is 2.35. The van der Waals surface area contributed by atoms with Gasteiger partial charge in [-0.1, -0.05) is 66.2 Å². The third kappa shape index (κ3) is 1.77. The maximum absolute atomic E-state index is 2.28. The van der Waals surface area contributed by atoms with Gasteiger partial charge in [0.2, 0.25) is 0 Å². The van der Waals surface area contributed by atoms with E-state index in [1.807, 2.05) is 0 Å². The van der Waals surface area contributed by atoms with Crippen molar-refractivity contribution in [2.75, 3.05) is 0 Å². The Morgan fingerprint density at radius 3 is 2.50 bits per heavy atom. The molecule has 1 radical (unpaired) electrons. The molecular formula is C20H15. The SMILES string of the molecule is CC1=Cc2c(cccc2-c2ccc3ccccc3c2)[CH]1. The van der Waals surface area contributed by atoms with E-state index in [4.69, 9.17) is 0 Å². The number of fused-ring (bicyclic) bond motifs is 2. The van der Waals surface area contributed by atoms with E-state index in [0.29, 0.717) is 0 Å². The lowest BCUT2D eigenvalue weighted by molar-refractivity contribution is 1.45. The van der Waals surface area contributed by atoms with E-state index in [1.165, 1.54) is 38.6 Å². The number of hydrogen-bond donors (Lipinski definition) is 0. The Bertz CT molecular complexity index is 838. The summed E-state index contributed by atoms with van der Waals surface area (Å²) in [7, 11) is 0. The third-order valence-corrected chi connectivity index (χ3v) is 3.96. The molecule has 0 atom stereocenters. The summed E-state index contributed by atoms with van der Waals surface area (Å²) in [5, 5.41) is 2.59. The number of allylic oxidation sites excluding steroid dienone is 1. The molecule has 0 heterocycles. The molecule has 0 heteroatoms. The second kappa shape index (κ2) is 4.35. The summed E-state index contributed by atoms with van der Waals surface area (Å²) in [5.74, 6) is 0. The monoisotopic (exact) mass is 255 g/mol. The maximum atomic E-state index is 2.28. The van der Waals surface area contributed by atoms with Crippen molar-refractivity contribution in [3.63, 3.8) is 0 Å². The van der Waals surface area contributed by atoms with Crippen LogP contribution in [-0.2, 0) is 0 Å². The van der Waals surface area contributed by atoms with Crippen molar-refractivity contribution >= 4 is 16.8 Å². The third-order valence-electron chi connectivity index (χ3n) is 3.96. The van der Waals surface area contributed by atoms with Gasteiger partial charge in [-0.3, -0.25) is 0 Å². The van der Waals surface area contributed by atoms with Gasteiger partial charge in [0, 0.05) is 6.42 Å². The second-order valence-electron chi connectivity index (χ2n) is 5.40. The first kappa shape index (κ1) is 11.5. The van der Waals surface area contributed by atoms with Gasteiger partial charge in [0.15, 0.2) is 0 Å². The first-order valence-electron chi connectivity index (χ1n) is 6.96. The van der Waals surface area contributed by atoms with Crippen molar-refractivity contribution in [3.05, 3.63) is 83.8 Å². The van der Waals surface area contributed by atoms with Crippen LogP contribution in [-0.4, -0.2) is 0 Å². The zero-order valence-corrected chi connectivity index (χ0v) is 11.4. The Balaban J connectivity index is 1.94. The predicted octanol–water partition coefficient (Wildman–Crippen LogP) is 5.48. The number of hydrogen-bond acceptors (Lipinski definition) is 0. The predicted molar refractivity (Wildman–Crippen MR) is 86.4 cm³/mol. The number of benzene rings is 3. The fourth-order valence-corrected chi connectivity index (χ4v) is 2.99. The Hall–Kier alpha value is -2.34. The molecule has 0 unspecified atom stereocenters. The Morgan fingerprint density at radius 1 is 0.750 bits per heavy atom. The average Bonchev–Trinajstić information content (AvgIpc) is 2.86. The zero-order chi connectivity index (χ0) is 13.5. The van der Waals surface area contributed by atoms with Crippen LogP contribution >= 0.6 is 0 Å². The zero-order valence-electron chi connectivity index (χ0n) is 11.4. The van der Waals surface area contributed by atoms with Gasteiger partial charge in [-0.05, 0) is 46.0 Å². The summed E-state index contributed by atoms with van der Waals surface area (Å²) < 4.78 is 0. The topological polar surface area (TPSA) is 0 Å². The Labute approximate surface area is 119 Å². The molecule has 20 heavy (non-hydrogen) atoms. The summed E-state index contributed by atoms with van der Waals surface area (Å²) >= 11 is 0. The summed E-state index contributed by atoms with van der Waals surface area (Å²) in [4.78, 5) is 0. The molecule has 1 aliphatic rings. The van der Waals surface area contributed by atoms with Gasteiger partial charge >= 0.3 is 0 Å². The molecule has 3 aromatic rings. The van der Waals surface area contributed by atoms with Crippen LogP contribution < -0.4 is 0 Å². The fraction of sp³-hybridized carbons (Fsp3) is 0.0500. The van der Waals surface area contributed by atoms with Gasteiger partial charge in [-0.25, -0.2) is 0 Å². The Morgan fingerprint density at radius 2 is 1.60 bits per heavy atom. The van der Waals surface area contributed by atoms with Gasteiger partial charge in [0.1, 0.15) is 0 Å². The molecule has 0 nitrogen and oxygen atoms in total. The minimum Gasteiger partial charge on any atom is -0.0642 e. The molecule has 95 valence electrons. The summed E-state index contributed by atoms with van der Waals surface area (Å²) in [6, 6.07) is 21.8. The number of rotatable bonds is 1. The minimum atomic E-state index is 1.29. The quantitative estimate of drug-likeness (QED) is 0.540. The van der Waals surface area contributed by atoms with Gasteiger partial charge in [-0.15, -0.1) is 0 Å². The van der Waals surface area contributed by atoms with Gasteiger partial charge in [0.05, 0.1) is 0 Å². The van der Waals surface area contributed by atoms with E-state index in [1.54, 1.807) is 0 Å². The first-order chi connectivity index (χ1) is 9.81. The second-order valence-corrected chi connectivity index (χ2v) is 5.40. The van der Waals surface area contributed by atoms with E-state index in [9.17, 15) is 0 Å². The summed E-state index contributed by atoms with van der Waals surface area (Å²) in [6.07, 6.45) is 4.53. The lowest BCUT2D eigenvalue weighted by Crippen LogP contribution is -1.86. The molecule has 0 saturated carbocycles. The average molecular weight is 255 g/mol. The van der Waals surface area contributed by atoms with Crippen LogP contribution in [0.15, 0.2) is 66.2 Å². The van der Waals surface area contributed by atoms with Crippen molar-refractivity contribution < 1.29 is 0 Å². The molecule has 3 aromatic carbocycles. The standard InChI is InChI=1S/C20H15/c1-14-11-17-7-4-8-19(20(17)12-14)18-10-9-15-5-2-3-6-16(15)13-18/h2-13H,1H3. The Kier molecular flexibility index (Phi) is 2.50. The highest BCUT2D eigenvalue weighted by molar-refractivity contribution is 5.90. The lowest BCUT2D eigenvalue weighted by atomic mass is 9.95. The van der Waals surface area contributed by atoms with Crippen LogP contribution in [0.25, 0.3) is 28.0 Å². The van der Waals surface area contributed by atoms with E-state index < -0.39 is 0 Å². The molecule has 0 saturated heterocycles. The molecule has 0 fully saturated rings. The van der Waals surface area contributed by atoms with E-state index in [2.05, 4.69) is 80.1 Å². The van der Waals surface area contributed by atoms with Crippen molar-refractivity contribution in [2.45, 2.75) is 6.92 Å². The maximum Gasteiger partial charge on any atom is 0.0161 e. The summed E-state index contributed by atoms with van der Waals surface area (Å²) in [5.41, 5.74) is 6.61. The molecule has 0 spiro atoms. The van der Waals surface area contributed by atoms with Crippen molar-refractivity contribution in [1.29, 1.82) is 0 Å². The molecule has 0 aliphatic heterocycles. The van der Waals surface area contributed by atoms with Crippen molar-refractivity contribution in [2.24, 2.45) is 0 Å². The van der Waals surface area contributed by atoms with Gasteiger partial charge in [0.25, 0.3) is 0 Å². The highest BCUT2D eigenvalue weighted by atomic mass is 14.2. The van der Waals surface area contributed by atoms with Crippen LogP contribution in [0.2, 0.25) is 0 Å². The van der Waals surface area contributed by atoms with Crippen molar-refractivity contribution in [1.82, 2.24) is 0 Å². The van der Waals surface area contributed by atoms with E-state index in [-0.39, 0.29) is 0 Å². The molecule has 0 bridgehead atoms. The molecule has 1 aliphatic carbocycles. The van der Waals surface area contributed by atoms with Crippen LogP contribution in [0.4, 0.5) is 0 Å². The van der Waals surface area contributed by atoms with Crippen LogP contribution in [0.1, 0.15) is 18.1 Å². The van der Waals surface area contributed by atoms with Gasteiger partial charge in [-0.2, -0.15) is 0 Å². The minimum absolute atomic E-state index is 1.29. The normalized spacial score (nSPS) is 13.3. The summed E-state index contributed by atoms with van der Waals surface area (Å²) in [6.45, 7) is 2.16. The van der Waals surface area contributed by atoms with Crippen LogP contribution in [0.3, 0.4) is 0 Å². The highest BCUT2D eigenvalue weighted by Gasteiger charge is 2.14. The molecule has 0 amide bonds. The van der Waals surface area contributed by atoms with Gasteiger partial charge < -0.3 is 0 Å².